The van der Waals surface area contributed by atoms with Crippen LogP contribution in [0.1, 0.15) is 39.4 Å². The van der Waals surface area contributed by atoms with Crippen LogP contribution in [0.3, 0.4) is 0 Å². The van der Waals surface area contributed by atoms with E-state index in [1.807, 2.05) is 6.07 Å². The number of carbonyl (C=O) groups is 3. The third-order valence-electron chi connectivity index (χ3n) is 4.16. The van der Waals surface area contributed by atoms with Crippen molar-refractivity contribution in [2.24, 2.45) is 0 Å². The molecule has 8 N–H and O–H groups in total. The van der Waals surface area contributed by atoms with E-state index in [0.29, 0.717) is 33.9 Å². The maximum atomic E-state index is 12.5. The van der Waals surface area contributed by atoms with Crippen LogP contribution >= 0.6 is 23.1 Å². The Hall–Kier alpha value is -3.06. The van der Waals surface area contributed by atoms with Crippen LogP contribution in [0.4, 0.5) is 11.8 Å². The van der Waals surface area contributed by atoms with Crippen LogP contribution in [-0.4, -0.2) is 49.8 Å². The molecule has 0 radical (unpaired) electrons. The maximum Gasteiger partial charge on any atom is 0.326 e. The second kappa shape index (κ2) is 10.8. The number of aromatic nitrogens is 2. The van der Waals surface area contributed by atoms with E-state index < -0.39 is 29.4 Å². The lowest BCUT2D eigenvalue weighted by Gasteiger charge is -2.13. The average molecular weight is 470 g/mol. The highest BCUT2D eigenvalue weighted by Gasteiger charge is 2.23. The number of aromatic amines is 1. The third-order valence-corrected chi connectivity index (χ3v) is 6.63. The van der Waals surface area contributed by atoms with Crippen molar-refractivity contribution in [2.45, 2.75) is 43.5 Å². The van der Waals surface area contributed by atoms with E-state index in [9.17, 15) is 24.3 Å². The van der Waals surface area contributed by atoms with Crippen LogP contribution in [0.25, 0.3) is 0 Å². The molecule has 13 heteroatoms. The lowest BCUT2D eigenvalue weighted by molar-refractivity contribution is -0.140. The fraction of sp³-hybridized carbons (Fsp3) is 0.389. The van der Waals surface area contributed by atoms with Crippen molar-refractivity contribution in [3.8, 4) is 0 Å². The molecule has 0 aromatic carbocycles. The van der Waals surface area contributed by atoms with E-state index in [-0.39, 0.29) is 24.6 Å². The molecule has 1 atom stereocenters. The van der Waals surface area contributed by atoms with E-state index >= 15 is 0 Å². The fourth-order valence-corrected chi connectivity index (χ4v) is 4.69. The van der Waals surface area contributed by atoms with Gasteiger partial charge in [-0.1, -0.05) is 0 Å². The number of nitrogens with one attached hydrogen (secondary N) is 2. The molecule has 2 heterocycles. The minimum atomic E-state index is -1.28. The van der Waals surface area contributed by atoms with Gasteiger partial charge in [0, 0.05) is 11.3 Å². The standard InChI is InChI=1S/C18H23N5O6S2/c1-8-7-9(3-2-6-30-13-14(19)22-18(20)23-16(13)27)31-12(8)15(26)21-10(17(28)29)4-5-11(24)25/h7,10H,2-6H2,1H3,(H,21,26)(H,24,25)(H,28,29)(H5,19,20,22,23,27)/t10-/m0/s1. The molecule has 11 nitrogen and oxygen atoms in total. The van der Waals surface area contributed by atoms with Crippen molar-refractivity contribution in [1.29, 1.82) is 0 Å². The number of amides is 1. The fourth-order valence-electron chi connectivity index (χ4n) is 2.70. The lowest BCUT2D eigenvalue weighted by atomic mass is 10.1. The predicted molar refractivity (Wildman–Crippen MR) is 118 cm³/mol. The Morgan fingerprint density at radius 1 is 1.32 bits per heavy atom. The summed E-state index contributed by atoms with van der Waals surface area (Å²) in [4.78, 5) is 54.1. The summed E-state index contributed by atoms with van der Waals surface area (Å²) in [5, 5.41) is 20.3. The van der Waals surface area contributed by atoms with Crippen LogP contribution in [-0.2, 0) is 16.0 Å². The molecule has 0 aliphatic carbocycles. The first-order valence-corrected chi connectivity index (χ1v) is 11.0. The molecular formula is C18H23N5O6S2. The van der Waals surface area contributed by atoms with Gasteiger partial charge in [-0.05, 0) is 43.6 Å². The van der Waals surface area contributed by atoms with E-state index in [0.717, 1.165) is 4.88 Å². The first kappa shape index (κ1) is 24.2. The quantitative estimate of drug-likeness (QED) is 0.204. The molecule has 0 spiro atoms. The molecule has 0 unspecified atom stereocenters. The van der Waals surface area contributed by atoms with Crippen molar-refractivity contribution < 1.29 is 24.6 Å². The summed E-state index contributed by atoms with van der Waals surface area (Å²) in [6.07, 6.45) is 0.784. The number of carbonyl (C=O) groups excluding carboxylic acids is 1. The molecule has 2 rings (SSSR count). The zero-order valence-corrected chi connectivity index (χ0v) is 18.3. The number of nitrogens with zero attached hydrogens (tertiary/aromatic N) is 1. The Morgan fingerprint density at radius 3 is 2.65 bits per heavy atom. The summed E-state index contributed by atoms with van der Waals surface area (Å²) in [5.41, 5.74) is 11.5. The van der Waals surface area contributed by atoms with Gasteiger partial charge < -0.3 is 27.0 Å². The van der Waals surface area contributed by atoms with E-state index in [1.165, 1.54) is 23.1 Å². The van der Waals surface area contributed by atoms with Crippen molar-refractivity contribution in [1.82, 2.24) is 15.3 Å². The SMILES string of the molecule is Cc1cc(CCCSc2c(N)nc(N)[nH]c2=O)sc1C(=O)N[C@@H](CCC(=O)O)C(=O)O. The normalized spacial score (nSPS) is 11.8. The molecule has 168 valence electrons. The number of H-pyrrole nitrogens is 1. The molecule has 2 aromatic heterocycles. The largest absolute Gasteiger partial charge is 0.481 e. The lowest BCUT2D eigenvalue weighted by Crippen LogP contribution is -2.41. The van der Waals surface area contributed by atoms with Gasteiger partial charge in [-0.3, -0.25) is 19.4 Å². The van der Waals surface area contributed by atoms with Crippen molar-refractivity contribution in [3.63, 3.8) is 0 Å². The van der Waals surface area contributed by atoms with Gasteiger partial charge in [-0.2, -0.15) is 4.98 Å². The Morgan fingerprint density at radius 2 is 2.03 bits per heavy atom. The molecule has 0 aliphatic rings. The van der Waals surface area contributed by atoms with Gasteiger partial charge in [0.25, 0.3) is 11.5 Å². The topological polar surface area (TPSA) is 201 Å². The first-order valence-electron chi connectivity index (χ1n) is 9.21. The highest BCUT2D eigenvalue weighted by atomic mass is 32.2. The van der Waals surface area contributed by atoms with Crippen LogP contribution in [0.5, 0.6) is 0 Å². The second-order valence-electron chi connectivity index (χ2n) is 6.64. The Labute approximate surface area is 185 Å². The molecule has 0 aliphatic heterocycles. The number of hydrogen-bond donors (Lipinski definition) is 6. The molecule has 2 aromatic rings. The van der Waals surface area contributed by atoms with Gasteiger partial charge >= 0.3 is 11.9 Å². The average Bonchev–Trinajstić information content (AvgIpc) is 3.03. The summed E-state index contributed by atoms with van der Waals surface area (Å²) in [7, 11) is 0. The summed E-state index contributed by atoms with van der Waals surface area (Å²) in [6, 6.07) is 0.574. The molecular weight excluding hydrogens is 446 g/mol. The highest BCUT2D eigenvalue weighted by molar-refractivity contribution is 7.99. The minimum Gasteiger partial charge on any atom is -0.481 e. The van der Waals surface area contributed by atoms with Gasteiger partial charge in [0.15, 0.2) is 0 Å². The Bertz CT molecular complexity index is 1030. The Kier molecular flexibility index (Phi) is 8.45. The molecule has 0 saturated heterocycles. The number of aryl methyl sites for hydroxylation is 2. The maximum absolute atomic E-state index is 12.5. The number of carboxylic acids is 2. The smallest absolute Gasteiger partial charge is 0.326 e. The second-order valence-corrected chi connectivity index (χ2v) is 8.88. The Balaban J connectivity index is 1.93. The summed E-state index contributed by atoms with van der Waals surface area (Å²) in [5.74, 6) is -2.34. The number of carboxylic acid groups (broad SMARTS) is 2. The number of anilines is 2. The van der Waals surface area contributed by atoms with E-state index in [4.69, 9.17) is 16.6 Å². The van der Waals surface area contributed by atoms with Gasteiger partial charge in [0.1, 0.15) is 16.8 Å². The van der Waals surface area contributed by atoms with Crippen molar-refractivity contribution in [3.05, 3.63) is 31.7 Å². The van der Waals surface area contributed by atoms with Gasteiger partial charge in [0.2, 0.25) is 5.95 Å². The molecule has 0 bridgehead atoms. The molecule has 31 heavy (non-hydrogen) atoms. The number of nitrogen functional groups attached to an aromatic ring is 2. The number of hydrogen-bond acceptors (Lipinski definition) is 9. The number of thioether (sulfide) groups is 1. The molecule has 0 fully saturated rings. The molecule has 1 amide bonds. The highest BCUT2D eigenvalue weighted by Crippen LogP contribution is 2.25. The van der Waals surface area contributed by atoms with Gasteiger partial charge in [0.05, 0.1) is 4.88 Å². The molecule has 0 saturated carbocycles. The zero-order chi connectivity index (χ0) is 23.1. The predicted octanol–water partition coefficient (Wildman–Crippen LogP) is 1.08. The van der Waals surface area contributed by atoms with Gasteiger partial charge in [-0.15, -0.1) is 23.1 Å². The zero-order valence-electron chi connectivity index (χ0n) is 16.6. The summed E-state index contributed by atoms with van der Waals surface area (Å²) < 4.78 is 0. The van der Waals surface area contributed by atoms with Crippen LogP contribution in [0.15, 0.2) is 15.8 Å². The van der Waals surface area contributed by atoms with Crippen LogP contribution < -0.4 is 22.3 Å². The van der Waals surface area contributed by atoms with E-state index in [1.54, 1.807) is 6.92 Å². The number of rotatable bonds is 11. The van der Waals surface area contributed by atoms with Crippen LogP contribution in [0, 0.1) is 6.92 Å². The van der Waals surface area contributed by atoms with E-state index in [2.05, 4.69) is 15.3 Å². The summed E-state index contributed by atoms with van der Waals surface area (Å²) in [6.45, 7) is 1.75. The minimum absolute atomic E-state index is 0.0418. The monoisotopic (exact) mass is 469 g/mol. The van der Waals surface area contributed by atoms with Crippen LogP contribution in [0.2, 0.25) is 0 Å². The van der Waals surface area contributed by atoms with Crippen molar-refractivity contribution >= 4 is 52.7 Å². The van der Waals surface area contributed by atoms with Gasteiger partial charge in [-0.25, -0.2) is 4.79 Å². The third kappa shape index (κ3) is 7.00. The first-order chi connectivity index (χ1) is 14.6. The number of thiophene rings is 1. The number of aliphatic carboxylic acids is 2. The summed E-state index contributed by atoms with van der Waals surface area (Å²) >= 11 is 2.51. The number of nitrogens with two attached hydrogens (primary N) is 2. The van der Waals surface area contributed by atoms with Crippen molar-refractivity contribution in [2.75, 3.05) is 17.2 Å².